The maximum atomic E-state index is 14.5. The molecule has 0 spiro atoms. The van der Waals surface area contributed by atoms with Crippen molar-refractivity contribution < 1.29 is 140 Å². The number of hydrogen-bond acceptors (Lipinski definition) is 10. The van der Waals surface area contributed by atoms with Crippen LogP contribution in [0.1, 0.15) is 34.1 Å². The van der Waals surface area contributed by atoms with E-state index in [4.69, 9.17) is 18.9 Å². The van der Waals surface area contributed by atoms with Gasteiger partial charge in [-0.3, -0.25) is 19.2 Å². The Bertz CT molecular complexity index is 1480. The summed E-state index contributed by atoms with van der Waals surface area (Å²) in [6.07, 6.45) is -22.6. The first-order chi connectivity index (χ1) is 25.0. The molecule has 0 bridgehead atoms. The zero-order valence-electron chi connectivity index (χ0n) is 28.0. The van der Waals surface area contributed by atoms with Crippen LogP contribution < -0.4 is 0 Å². The first-order valence-corrected chi connectivity index (χ1v) is 14.4. The van der Waals surface area contributed by atoms with Crippen LogP contribution in [0.3, 0.4) is 0 Å². The average molecular weight is 894 g/mol. The lowest BCUT2D eigenvalue weighted by atomic mass is 9.86. The number of hydrogen-bond donors (Lipinski definition) is 0. The van der Waals surface area contributed by atoms with Crippen LogP contribution in [0.25, 0.3) is 0 Å². The summed E-state index contributed by atoms with van der Waals surface area (Å²) >= 11 is 0. The van der Waals surface area contributed by atoms with Crippen molar-refractivity contribution in [1.82, 2.24) is 0 Å². The summed E-state index contributed by atoms with van der Waals surface area (Å²) < 4.78 is 316. The van der Waals surface area contributed by atoms with E-state index in [0.717, 1.165) is 6.92 Å². The van der Waals surface area contributed by atoms with Gasteiger partial charge in [-0.25, -0.2) is 0 Å². The van der Waals surface area contributed by atoms with Gasteiger partial charge in [-0.1, -0.05) is 0 Å². The number of carbonyl (C=O) groups excluding carboxylic acids is 4. The van der Waals surface area contributed by atoms with Crippen LogP contribution in [0.2, 0.25) is 0 Å². The lowest BCUT2D eigenvalue weighted by molar-refractivity contribution is -0.474. The Kier molecular flexibility index (Phi) is 14.6. The van der Waals surface area contributed by atoms with E-state index in [-0.39, 0.29) is 0 Å². The molecule has 0 aliphatic carbocycles. The molecule has 57 heavy (non-hydrogen) atoms. The fourth-order valence-electron chi connectivity index (χ4n) is 4.37. The molecule has 0 aromatic carbocycles. The summed E-state index contributed by atoms with van der Waals surface area (Å²) in [5.74, 6) is -84.0. The molecule has 0 N–H and O–H groups in total. The SMILES string of the molecule is CC(=O)OC[C@H]1O[C@H](OCCC(F)(F)C(F)(F)C(F)(F)C(F)(F)C(F)(F)C(F)(F)C(F)(F)C(F)(F)C(F)(F)C(F)(F)F)[C@@H](OC(C)=O)[C@@H](OC(C)=O)[C@@H]1OC(C)=O. The van der Waals surface area contributed by atoms with E-state index in [2.05, 4.69) is 9.47 Å². The van der Waals surface area contributed by atoms with Crippen molar-refractivity contribution in [3.8, 4) is 0 Å². The fourth-order valence-corrected chi connectivity index (χ4v) is 4.37. The van der Waals surface area contributed by atoms with Crippen molar-refractivity contribution in [2.24, 2.45) is 0 Å². The van der Waals surface area contributed by atoms with Gasteiger partial charge < -0.3 is 28.4 Å². The summed E-state index contributed by atoms with van der Waals surface area (Å²) in [6, 6.07) is 0. The number of carbonyl (C=O) groups is 4. The lowest BCUT2D eigenvalue weighted by Crippen LogP contribution is -2.76. The standard InChI is InChI=1S/C26H23F21O10/c1-8(48)53-7-12-13(54-9(2)49)14(55-10(3)50)15(56-11(4)51)16(57-12)52-6-5-17(27,28)18(29,30)19(31,32)20(33,34)21(35,36)22(37,38)23(39,40)24(41,42)25(43,44)26(45,46)47/h12-16H,5-7H2,1-4H3/t12-,13-,14+,15+,16+/m1/s1. The fraction of sp³-hybridized carbons (Fsp3) is 0.846. The van der Waals surface area contributed by atoms with E-state index in [1.54, 1.807) is 0 Å². The van der Waals surface area contributed by atoms with E-state index >= 15 is 0 Å². The number of ether oxygens (including phenoxy) is 6. The molecule has 0 amide bonds. The van der Waals surface area contributed by atoms with Crippen molar-refractivity contribution >= 4 is 23.9 Å². The molecule has 1 aliphatic heterocycles. The van der Waals surface area contributed by atoms with Gasteiger partial charge >= 0.3 is 83.4 Å². The molecular weight excluding hydrogens is 871 g/mol. The predicted octanol–water partition coefficient (Wildman–Crippen LogP) is 6.76. The van der Waals surface area contributed by atoms with Crippen LogP contribution >= 0.6 is 0 Å². The van der Waals surface area contributed by atoms with Crippen molar-refractivity contribution in [3.63, 3.8) is 0 Å². The number of rotatable bonds is 17. The van der Waals surface area contributed by atoms with Gasteiger partial charge in [0.2, 0.25) is 0 Å². The van der Waals surface area contributed by atoms with Gasteiger partial charge in [-0.2, -0.15) is 92.2 Å². The van der Waals surface area contributed by atoms with Gasteiger partial charge in [0.05, 0.1) is 6.61 Å². The first kappa shape index (κ1) is 51.3. The Labute approximate surface area is 302 Å². The zero-order chi connectivity index (χ0) is 45.6. The van der Waals surface area contributed by atoms with Gasteiger partial charge in [0.15, 0.2) is 24.6 Å². The highest BCUT2D eigenvalue weighted by Gasteiger charge is 2.97. The monoisotopic (exact) mass is 894 g/mol. The van der Waals surface area contributed by atoms with Crippen LogP contribution in [-0.4, -0.2) is 127 Å². The predicted molar refractivity (Wildman–Crippen MR) is 133 cm³/mol. The van der Waals surface area contributed by atoms with Crippen LogP contribution in [0, 0.1) is 0 Å². The molecule has 0 saturated carbocycles. The Balaban J connectivity index is 3.64. The van der Waals surface area contributed by atoms with Crippen molar-refractivity contribution in [3.05, 3.63) is 0 Å². The molecule has 0 unspecified atom stereocenters. The molecule has 1 fully saturated rings. The van der Waals surface area contributed by atoms with Gasteiger partial charge in [0.25, 0.3) is 0 Å². The van der Waals surface area contributed by atoms with E-state index in [9.17, 15) is 111 Å². The molecule has 0 aromatic rings. The summed E-state index contributed by atoms with van der Waals surface area (Å²) in [6.45, 7) is -0.822. The molecule has 10 nitrogen and oxygen atoms in total. The summed E-state index contributed by atoms with van der Waals surface area (Å²) in [5, 5.41) is 0. The number of halogens is 21. The van der Waals surface area contributed by atoms with E-state index in [0.29, 0.717) is 20.8 Å². The van der Waals surface area contributed by atoms with Gasteiger partial charge in [-0.05, 0) is 0 Å². The van der Waals surface area contributed by atoms with Crippen molar-refractivity contribution in [1.29, 1.82) is 0 Å². The van der Waals surface area contributed by atoms with Crippen LogP contribution in [-0.2, 0) is 47.6 Å². The second-order valence-corrected chi connectivity index (χ2v) is 11.5. The largest absolute Gasteiger partial charge is 0.463 e. The number of alkyl halides is 21. The first-order valence-electron chi connectivity index (χ1n) is 14.4. The summed E-state index contributed by atoms with van der Waals surface area (Å²) in [4.78, 5) is 46.5. The molecule has 1 saturated heterocycles. The van der Waals surface area contributed by atoms with Gasteiger partial charge in [0.1, 0.15) is 12.7 Å². The van der Waals surface area contributed by atoms with Crippen molar-refractivity contribution in [2.45, 2.75) is 124 Å². The Morgan fingerprint density at radius 3 is 1.14 bits per heavy atom. The van der Waals surface area contributed by atoms with E-state index in [1.165, 1.54) is 0 Å². The Morgan fingerprint density at radius 1 is 0.456 bits per heavy atom. The van der Waals surface area contributed by atoms with E-state index in [1.807, 2.05) is 0 Å². The lowest BCUT2D eigenvalue weighted by Gasteiger charge is -2.45. The highest BCUT2D eigenvalue weighted by atomic mass is 19.4. The molecule has 1 heterocycles. The molecule has 1 rings (SSSR count). The molecule has 334 valence electrons. The van der Waals surface area contributed by atoms with E-state index < -0.39 is 134 Å². The Morgan fingerprint density at radius 2 is 0.789 bits per heavy atom. The second-order valence-electron chi connectivity index (χ2n) is 11.5. The molecule has 5 atom stereocenters. The highest BCUT2D eigenvalue weighted by Crippen LogP contribution is 2.66. The Hall–Kier alpha value is -3.67. The molecular formula is C26H23F21O10. The zero-order valence-corrected chi connectivity index (χ0v) is 28.0. The maximum absolute atomic E-state index is 14.5. The second kappa shape index (κ2) is 16.2. The average Bonchev–Trinajstić information content (AvgIpc) is 3.00. The summed E-state index contributed by atoms with van der Waals surface area (Å²) in [5.41, 5.74) is 0. The molecule has 0 aromatic heterocycles. The van der Waals surface area contributed by atoms with Gasteiger partial charge in [-0.15, -0.1) is 0 Å². The molecule has 1 aliphatic rings. The maximum Gasteiger partial charge on any atom is 0.460 e. The molecule has 31 heteroatoms. The topological polar surface area (TPSA) is 124 Å². The van der Waals surface area contributed by atoms with Crippen LogP contribution in [0.4, 0.5) is 92.2 Å². The third-order valence-electron chi connectivity index (χ3n) is 7.22. The number of esters is 4. The van der Waals surface area contributed by atoms with Crippen LogP contribution in [0.5, 0.6) is 0 Å². The molecule has 0 radical (unpaired) electrons. The minimum absolute atomic E-state index is 0.558. The third kappa shape index (κ3) is 9.00. The van der Waals surface area contributed by atoms with Crippen LogP contribution in [0.15, 0.2) is 0 Å². The quantitative estimate of drug-likeness (QED) is 0.0880. The van der Waals surface area contributed by atoms with Gasteiger partial charge in [0, 0.05) is 34.1 Å². The minimum atomic E-state index is -9.34. The van der Waals surface area contributed by atoms with Crippen molar-refractivity contribution in [2.75, 3.05) is 13.2 Å². The smallest absolute Gasteiger partial charge is 0.460 e. The summed E-state index contributed by atoms with van der Waals surface area (Å²) in [7, 11) is 0. The minimum Gasteiger partial charge on any atom is -0.463 e. The normalized spacial score (nSPS) is 22.4. The third-order valence-corrected chi connectivity index (χ3v) is 7.22. The highest BCUT2D eigenvalue weighted by molar-refractivity contribution is 5.68.